The lowest BCUT2D eigenvalue weighted by molar-refractivity contribution is 0.102. The zero-order chi connectivity index (χ0) is 15.2. The van der Waals surface area contributed by atoms with E-state index in [0.29, 0.717) is 17.9 Å². The van der Waals surface area contributed by atoms with Gasteiger partial charge in [-0.3, -0.25) is 4.79 Å². The van der Waals surface area contributed by atoms with Crippen molar-refractivity contribution in [2.24, 2.45) is 0 Å². The molecule has 21 heavy (non-hydrogen) atoms. The summed E-state index contributed by atoms with van der Waals surface area (Å²) in [5.41, 5.74) is 0.605. The summed E-state index contributed by atoms with van der Waals surface area (Å²) in [6.45, 7) is 2.62. The van der Waals surface area contributed by atoms with Gasteiger partial charge in [-0.1, -0.05) is 6.92 Å². The number of hydrogen-bond acceptors (Lipinski definition) is 2. The smallest absolute Gasteiger partial charge is 0.255 e. The molecule has 0 unspecified atom stereocenters. The molecule has 1 amide bonds. The largest absolute Gasteiger partial charge is 0.494 e. The summed E-state index contributed by atoms with van der Waals surface area (Å²) in [5, 5.41) is 2.50. The van der Waals surface area contributed by atoms with Gasteiger partial charge in [0.2, 0.25) is 0 Å². The summed E-state index contributed by atoms with van der Waals surface area (Å²) >= 11 is 0. The van der Waals surface area contributed by atoms with Crippen LogP contribution < -0.4 is 10.1 Å². The molecular formula is C16H15F2NO2. The molecule has 0 atom stereocenters. The van der Waals surface area contributed by atoms with E-state index in [1.165, 1.54) is 6.07 Å². The molecule has 1 N–H and O–H groups in total. The number of carbonyl (C=O) groups excluding carboxylic acids is 1. The van der Waals surface area contributed by atoms with Crippen LogP contribution in [0.3, 0.4) is 0 Å². The summed E-state index contributed by atoms with van der Waals surface area (Å²) in [7, 11) is 0. The fourth-order valence-electron chi connectivity index (χ4n) is 1.70. The lowest BCUT2D eigenvalue weighted by Gasteiger charge is -2.07. The van der Waals surface area contributed by atoms with Crippen LogP contribution in [0.4, 0.5) is 14.5 Å². The second kappa shape index (κ2) is 6.83. The molecule has 5 heteroatoms. The van der Waals surface area contributed by atoms with Gasteiger partial charge >= 0.3 is 0 Å². The van der Waals surface area contributed by atoms with Crippen LogP contribution in [0.2, 0.25) is 0 Å². The van der Waals surface area contributed by atoms with Gasteiger partial charge in [0, 0.05) is 17.3 Å². The lowest BCUT2D eigenvalue weighted by atomic mass is 10.2. The molecule has 0 saturated heterocycles. The van der Waals surface area contributed by atoms with Gasteiger partial charge in [-0.2, -0.15) is 0 Å². The summed E-state index contributed by atoms with van der Waals surface area (Å²) in [5.74, 6) is -1.68. The van der Waals surface area contributed by atoms with Crippen LogP contribution in [0.25, 0.3) is 0 Å². The number of ether oxygens (including phenoxy) is 1. The van der Waals surface area contributed by atoms with Gasteiger partial charge < -0.3 is 10.1 Å². The Bertz CT molecular complexity index is 627. The van der Waals surface area contributed by atoms with Crippen molar-refractivity contribution in [1.29, 1.82) is 0 Å². The van der Waals surface area contributed by atoms with E-state index in [2.05, 4.69) is 5.32 Å². The normalized spacial score (nSPS) is 10.2. The van der Waals surface area contributed by atoms with E-state index in [0.717, 1.165) is 18.6 Å². The van der Waals surface area contributed by atoms with Crippen molar-refractivity contribution in [3.63, 3.8) is 0 Å². The van der Waals surface area contributed by atoms with Crippen molar-refractivity contribution < 1.29 is 18.3 Å². The molecule has 0 fully saturated rings. The summed E-state index contributed by atoms with van der Waals surface area (Å²) < 4.78 is 31.3. The van der Waals surface area contributed by atoms with Crippen LogP contribution in [-0.4, -0.2) is 12.5 Å². The van der Waals surface area contributed by atoms with Crippen molar-refractivity contribution >= 4 is 11.6 Å². The molecule has 0 aliphatic carbocycles. The number of amides is 1. The Balaban J connectivity index is 2.04. The van der Waals surface area contributed by atoms with E-state index >= 15 is 0 Å². The van der Waals surface area contributed by atoms with E-state index in [4.69, 9.17) is 4.74 Å². The number of anilines is 1. The highest BCUT2D eigenvalue weighted by molar-refractivity contribution is 6.04. The highest BCUT2D eigenvalue weighted by atomic mass is 19.2. The number of benzene rings is 2. The second-order valence-corrected chi connectivity index (χ2v) is 4.46. The second-order valence-electron chi connectivity index (χ2n) is 4.46. The van der Waals surface area contributed by atoms with E-state index in [9.17, 15) is 13.6 Å². The van der Waals surface area contributed by atoms with Crippen molar-refractivity contribution in [2.45, 2.75) is 13.3 Å². The Morgan fingerprint density at radius 3 is 2.43 bits per heavy atom. The number of halogens is 2. The van der Waals surface area contributed by atoms with Gasteiger partial charge in [-0.25, -0.2) is 8.78 Å². The van der Waals surface area contributed by atoms with E-state index in [-0.39, 0.29) is 5.69 Å². The van der Waals surface area contributed by atoms with Crippen LogP contribution in [0, 0.1) is 11.6 Å². The molecule has 2 rings (SSSR count). The third-order valence-electron chi connectivity index (χ3n) is 2.77. The highest BCUT2D eigenvalue weighted by Crippen LogP contribution is 2.16. The topological polar surface area (TPSA) is 38.3 Å². The van der Waals surface area contributed by atoms with Crippen LogP contribution in [-0.2, 0) is 0 Å². The number of hydrogen-bond donors (Lipinski definition) is 1. The Labute approximate surface area is 121 Å². The molecule has 0 radical (unpaired) electrons. The number of rotatable bonds is 5. The monoisotopic (exact) mass is 291 g/mol. The maximum absolute atomic E-state index is 13.1. The summed E-state index contributed by atoms with van der Waals surface area (Å²) in [4.78, 5) is 12.0. The first-order chi connectivity index (χ1) is 10.1. The first-order valence-corrected chi connectivity index (χ1v) is 6.59. The fourth-order valence-corrected chi connectivity index (χ4v) is 1.70. The zero-order valence-electron chi connectivity index (χ0n) is 11.5. The van der Waals surface area contributed by atoms with E-state index in [1.54, 1.807) is 24.3 Å². The Kier molecular flexibility index (Phi) is 4.87. The minimum absolute atomic E-state index is 0.199. The van der Waals surface area contributed by atoms with Gasteiger partial charge in [-0.05, 0) is 42.8 Å². The number of nitrogens with one attached hydrogen (secondary N) is 1. The molecule has 0 aliphatic heterocycles. The zero-order valence-corrected chi connectivity index (χ0v) is 11.5. The van der Waals surface area contributed by atoms with Crippen molar-refractivity contribution in [1.82, 2.24) is 0 Å². The third-order valence-corrected chi connectivity index (χ3v) is 2.77. The van der Waals surface area contributed by atoms with Crippen molar-refractivity contribution in [3.8, 4) is 5.75 Å². The minimum Gasteiger partial charge on any atom is -0.494 e. The molecule has 110 valence electrons. The van der Waals surface area contributed by atoms with Crippen molar-refractivity contribution in [3.05, 3.63) is 59.7 Å². The molecular weight excluding hydrogens is 276 g/mol. The summed E-state index contributed by atoms with van der Waals surface area (Å²) in [6.07, 6.45) is 0.901. The van der Waals surface area contributed by atoms with Gasteiger partial charge in [0.15, 0.2) is 11.6 Å². The predicted octanol–water partition coefficient (Wildman–Crippen LogP) is 4.01. The Morgan fingerprint density at radius 1 is 1.10 bits per heavy atom. The molecule has 2 aromatic rings. The maximum Gasteiger partial charge on any atom is 0.255 e. The molecule has 0 spiro atoms. The van der Waals surface area contributed by atoms with Gasteiger partial charge in [-0.15, -0.1) is 0 Å². The Morgan fingerprint density at radius 2 is 1.81 bits per heavy atom. The molecule has 0 heterocycles. The molecule has 0 bridgehead atoms. The maximum atomic E-state index is 13.1. The molecule has 0 aliphatic rings. The minimum atomic E-state index is -1.00. The molecule has 2 aromatic carbocycles. The van der Waals surface area contributed by atoms with Crippen LogP contribution in [0.1, 0.15) is 23.7 Å². The standard InChI is InChI=1S/C16H15F2NO2/c1-2-9-21-13-6-3-11(4-7-13)16(20)19-12-5-8-14(17)15(18)10-12/h3-8,10H,2,9H2,1H3,(H,19,20). The number of carbonyl (C=O) groups is 1. The van der Waals surface area contributed by atoms with E-state index in [1.807, 2.05) is 6.92 Å². The first kappa shape index (κ1) is 15.0. The fraction of sp³-hybridized carbons (Fsp3) is 0.188. The average molecular weight is 291 g/mol. The first-order valence-electron chi connectivity index (χ1n) is 6.59. The summed E-state index contributed by atoms with van der Waals surface area (Å²) in [6, 6.07) is 9.81. The molecule has 0 aromatic heterocycles. The van der Waals surface area contributed by atoms with Gasteiger partial charge in [0.25, 0.3) is 5.91 Å². The van der Waals surface area contributed by atoms with Crippen molar-refractivity contribution in [2.75, 3.05) is 11.9 Å². The van der Waals surface area contributed by atoms with Crippen LogP contribution in [0.5, 0.6) is 5.75 Å². The SMILES string of the molecule is CCCOc1ccc(C(=O)Nc2ccc(F)c(F)c2)cc1. The quantitative estimate of drug-likeness (QED) is 0.904. The highest BCUT2D eigenvalue weighted by Gasteiger charge is 2.08. The molecule has 0 saturated carbocycles. The Hall–Kier alpha value is -2.43. The lowest BCUT2D eigenvalue weighted by Crippen LogP contribution is -2.12. The third kappa shape index (κ3) is 4.02. The van der Waals surface area contributed by atoms with E-state index < -0.39 is 17.5 Å². The predicted molar refractivity (Wildman–Crippen MR) is 76.5 cm³/mol. The molecule has 3 nitrogen and oxygen atoms in total. The van der Waals surface area contributed by atoms with Crippen LogP contribution in [0.15, 0.2) is 42.5 Å². The average Bonchev–Trinajstić information content (AvgIpc) is 2.49. The van der Waals surface area contributed by atoms with Gasteiger partial charge in [0.05, 0.1) is 6.61 Å². The van der Waals surface area contributed by atoms with Crippen LogP contribution >= 0.6 is 0 Å². The van der Waals surface area contributed by atoms with Gasteiger partial charge in [0.1, 0.15) is 5.75 Å².